The number of ether oxygens (including phenoxy) is 1. The second-order valence-corrected chi connectivity index (χ2v) is 8.43. The van der Waals surface area contributed by atoms with Gasteiger partial charge in [-0.1, -0.05) is 48.5 Å². The molecule has 0 spiro atoms. The van der Waals surface area contributed by atoms with Crippen molar-refractivity contribution in [1.29, 1.82) is 0 Å². The van der Waals surface area contributed by atoms with Crippen LogP contribution in [0.5, 0.6) is 5.75 Å². The monoisotopic (exact) mass is 435 g/mol. The maximum atomic E-state index is 13.0. The number of carbonyl (C=O) groups excluding carboxylic acids is 3. The van der Waals surface area contributed by atoms with Gasteiger partial charge in [-0.2, -0.15) is 0 Å². The number of hydrogen-bond acceptors (Lipinski definition) is 4. The van der Waals surface area contributed by atoms with E-state index < -0.39 is 0 Å². The zero-order valence-electron chi connectivity index (χ0n) is 18.3. The molecule has 0 bridgehead atoms. The van der Waals surface area contributed by atoms with Gasteiger partial charge in [0, 0.05) is 30.6 Å². The molecular formula is C25H29N3O4. The van der Waals surface area contributed by atoms with E-state index in [1.165, 1.54) is 4.90 Å². The Kier molecular flexibility index (Phi) is 6.73. The van der Waals surface area contributed by atoms with Gasteiger partial charge in [0.1, 0.15) is 5.75 Å². The largest absolute Gasteiger partial charge is 0.496 e. The Labute approximate surface area is 188 Å². The van der Waals surface area contributed by atoms with E-state index in [1.807, 2.05) is 54.6 Å². The zero-order valence-corrected chi connectivity index (χ0v) is 18.3. The molecule has 3 atom stereocenters. The lowest BCUT2D eigenvalue weighted by Crippen LogP contribution is -2.62. The van der Waals surface area contributed by atoms with Crippen molar-refractivity contribution in [1.82, 2.24) is 15.5 Å². The van der Waals surface area contributed by atoms with Crippen LogP contribution in [0.1, 0.15) is 30.4 Å². The molecule has 32 heavy (non-hydrogen) atoms. The summed E-state index contributed by atoms with van der Waals surface area (Å²) in [6.07, 6.45) is 2.34. The summed E-state index contributed by atoms with van der Waals surface area (Å²) in [5.74, 6) is 0.0685. The molecular weight excluding hydrogens is 406 g/mol. The van der Waals surface area contributed by atoms with Crippen molar-refractivity contribution in [3.05, 3.63) is 65.7 Å². The Balaban J connectivity index is 1.32. The van der Waals surface area contributed by atoms with E-state index in [-0.39, 0.29) is 35.7 Å². The highest BCUT2D eigenvalue weighted by Crippen LogP contribution is 2.33. The molecule has 1 aliphatic heterocycles. The molecule has 168 valence electrons. The lowest BCUT2D eigenvalue weighted by atomic mass is 9.76. The summed E-state index contributed by atoms with van der Waals surface area (Å²) in [6.45, 7) is 0.743. The van der Waals surface area contributed by atoms with Gasteiger partial charge in [0.25, 0.3) is 0 Å². The van der Waals surface area contributed by atoms with Gasteiger partial charge in [0.05, 0.1) is 13.0 Å². The number of imide groups is 1. The van der Waals surface area contributed by atoms with Crippen LogP contribution in [-0.2, 0) is 22.6 Å². The Morgan fingerprint density at radius 1 is 1.09 bits per heavy atom. The predicted octanol–water partition coefficient (Wildman–Crippen LogP) is 2.89. The highest BCUT2D eigenvalue weighted by atomic mass is 16.5. The van der Waals surface area contributed by atoms with Gasteiger partial charge in [-0.3, -0.25) is 14.5 Å². The van der Waals surface area contributed by atoms with Crippen LogP contribution in [0.15, 0.2) is 54.6 Å². The molecule has 4 amide bonds. The van der Waals surface area contributed by atoms with Gasteiger partial charge >= 0.3 is 6.03 Å². The molecule has 1 saturated carbocycles. The molecule has 2 N–H and O–H groups in total. The molecule has 0 aromatic heterocycles. The Morgan fingerprint density at radius 3 is 2.62 bits per heavy atom. The first-order valence-corrected chi connectivity index (χ1v) is 11.1. The van der Waals surface area contributed by atoms with Gasteiger partial charge in [-0.15, -0.1) is 0 Å². The van der Waals surface area contributed by atoms with Gasteiger partial charge < -0.3 is 15.4 Å². The fraction of sp³-hybridized carbons (Fsp3) is 0.400. The fourth-order valence-electron chi connectivity index (χ4n) is 4.67. The first kappa shape index (κ1) is 21.9. The maximum absolute atomic E-state index is 13.0. The molecule has 7 nitrogen and oxygen atoms in total. The predicted molar refractivity (Wildman–Crippen MR) is 120 cm³/mol. The van der Waals surface area contributed by atoms with Crippen molar-refractivity contribution in [2.75, 3.05) is 13.7 Å². The molecule has 1 aliphatic carbocycles. The molecule has 0 radical (unpaired) electrons. The molecule has 4 rings (SSSR count). The summed E-state index contributed by atoms with van der Waals surface area (Å²) in [7, 11) is 1.60. The molecule has 2 aromatic rings. The average Bonchev–Trinajstić information content (AvgIpc) is 2.82. The van der Waals surface area contributed by atoms with Crippen LogP contribution in [0.25, 0.3) is 0 Å². The van der Waals surface area contributed by atoms with Gasteiger partial charge in [0.2, 0.25) is 11.8 Å². The van der Waals surface area contributed by atoms with E-state index in [2.05, 4.69) is 10.6 Å². The second-order valence-electron chi connectivity index (χ2n) is 8.43. The quantitative estimate of drug-likeness (QED) is 0.700. The van der Waals surface area contributed by atoms with Crippen molar-refractivity contribution >= 4 is 17.8 Å². The normalized spacial score (nSPS) is 22.7. The van der Waals surface area contributed by atoms with E-state index in [4.69, 9.17) is 4.74 Å². The summed E-state index contributed by atoms with van der Waals surface area (Å²) >= 11 is 0. The summed E-state index contributed by atoms with van der Waals surface area (Å²) in [6, 6.07) is 16.7. The van der Waals surface area contributed by atoms with Crippen LogP contribution in [0, 0.1) is 11.8 Å². The van der Waals surface area contributed by atoms with Crippen LogP contribution >= 0.6 is 0 Å². The highest BCUT2D eigenvalue weighted by molar-refractivity contribution is 5.99. The van der Waals surface area contributed by atoms with Crippen LogP contribution in [-0.4, -0.2) is 42.4 Å². The number of amides is 4. The maximum Gasteiger partial charge on any atom is 0.324 e. The van der Waals surface area contributed by atoms with Gasteiger partial charge in [0.15, 0.2) is 0 Å². The third kappa shape index (κ3) is 4.77. The smallest absolute Gasteiger partial charge is 0.324 e. The number of nitrogens with zero attached hydrogens (tertiary/aromatic N) is 1. The number of benzene rings is 2. The SMILES string of the molecule is COc1ccccc1CNC(=O)C1CCC2C(=O)N(CCc3ccccc3)C(=O)NC2C1. The number of rotatable bonds is 7. The zero-order chi connectivity index (χ0) is 22.5. The Hall–Kier alpha value is -3.35. The molecule has 3 unspecified atom stereocenters. The van der Waals surface area contributed by atoms with Crippen molar-refractivity contribution in [3.8, 4) is 5.75 Å². The molecule has 2 aliphatic rings. The topological polar surface area (TPSA) is 87.7 Å². The minimum atomic E-state index is -0.359. The fourth-order valence-corrected chi connectivity index (χ4v) is 4.67. The summed E-state index contributed by atoms with van der Waals surface area (Å²) in [5, 5.41) is 5.96. The average molecular weight is 436 g/mol. The van der Waals surface area contributed by atoms with Gasteiger partial charge in [-0.05, 0) is 37.3 Å². The minimum absolute atomic E-state index is 0.0532. The van der Waals surface area contributed by atoms with Crippen LogP contribution in [0.2, 0.25) is 0 Å². The van der Waals surface area contributed by atoms with Crippen molar-refractivity contribution < 1.29 is 19.1 Å². The number of urea groups is 1. The third-order valence-electron chi connectivity index (χ3n) is 6.47. The number of fused-ring (bicyclic) bond motifs is 1. The Morgan fingerprint density at radius 2 is 1.84 bits per heavy atom. The molecule has 2 fully saturated rings. The third-order valence-corrected chi connectivity index (χ3v) is 6.47. The number of hydrogen-bond donors (Lipinski definition) is 2. The molecule has 1 heterocycles. The van der Waals surface area contributed by atoms with E-state index >= 15 is 0 Å². The van der Waals surface area contributed by atoms with Crippen LogP contribution in [0.4, 0.5) is 4.79 Å². The van der Waals surface area contributed by atoms with Crippen molar-refractivity contribution in [3.63, 3.8) is 0 Å². The first-order valence-electron chi connectivity index (χ1n) is 11.1. The number of nitrogens with one attached hydrogen (secondary N) is 2. The summed E-state index contributed by atoms with van der Waals surface area (Å²) in [5.41, 5.74) is 2.00. The highest BCUT2D eigenvalue weighted by Gasteiger charge is 2.45. The van der Waals surface area contributed by atoms with E-state index in [1.54, 1.807) is 7.11 Å². The molecule has 2 aromatic carbocycles. The number of para-hydroxylation sites is 1. The number of methoxy groups -OCH3 is 1. The standard InChI is InChI=1S/C25H29N3O4/c1-32-22-10-6-5-9-19(22)16-26-23(29)18-11-12-20-21(15-18)27-25(31)28(24(20)30)14-13-17-7-3-2-4-8-17/h2-10,18,20-21H,11-16H2,1H3,(H,26,29)(H,27,31). The lowest BCUT2D eigenvalue weighted by molar-refractivity contribution is -0.139. The molecule has 1 saturated heterocycles. The molecule has 7 heteroatoms. The van der Waals surface area contributed by atoms with E-state index in [0.717, 1.165) is 16.9 Å². The summed E-state index contributed by atoms with van der Waals surface area (Å²) < 4.78 is 5.33. The summed E-state index contributed by atoms with van der Waals surface area (Å²) in [4.78, 5) is 39.7. The lowest BCUT2D eigenvalue weighted by Gasteiger charge is -2.42. The Bertz CT molecular complexity index is 978. The van der Waals surface area contributed by atoms with E-state index in [0.29, 0.717) is 38.8 Å². The minimum Gasteiger partial charge on any atom is -0.496 e. The van der Waals surface area contributed by atoms with Crippen molar-refractivity contribution in [2.45, 2.75) is 38.3 Å². The van der Waals surface area contributed by atoms with Crippen molar-refractivity contribution in [2.24, 2.45) is 11.8 Å². The van der Waals surface area contributed by atoms with Gasteiger partial charge in [-0.25, -0.2) is 4.79 Å². The van der Waals surface area contributed by atoms with Crippen LogP contribution < -0.4 is 15.4 Å². The first-order chi connectivity index (χ1) is 15.6. The van der Waals surface area contributed by atoms with Crippen LogP contribution in [0.3, 0.4) is 0 Å². The number of carbonyl (C=O) groups is 3. The second kappa shape index (κ2) is 9.85. The van der Waals surface area contributed by atoms with E-state index in [9.17, 15) is 14.4 Å².